The van der Waals surface area contributed by atoms with Crippen LogP contribution in [0.1, 0.15) is 12.8 Å². The number of carbonyl (C=O) groups is 2. The molecule has 5 nitrogen and oxygen atoms in total. The minimum absolute atomic E-state index is 0.0864. The third-order valence-corrected chi connectivity index (χ3v) is 4.09. The molecule has 0 aromatic heterocycles. The van der Waals surface area contributed by atoms with Crippen molar-refractivity contribution >= 4 is 23.6 Å². The Kier molecular flexibility index (Phi) is 3.70. The van der Waals surface area contributed by atoms with Crippen LogP contribution in [0.25, 0.3) is 0 Å². The van der Waals surface area contributed by atoms with E-state index in [0.717, 1.165) is 18.7 Å². The van der Waals surface area contributed by atoms with Gasteiger partial charge in [0.1, 0.15) is 6.04 Å². The van der Waals surface area contributed by atoms with Crippen molar-refractivity contribution in [2.75, 3.05) is 24.6 Å². The molecule has 0 saturated carbocycles. The zero-order valence-electron chi connectivity index (χ0n) is 9.02. The second-order valence-electron chi connectivity index (χ2n) is 4.23. The fourth-order valence-corrected chi connectivity index (χ4v) is 3.29. The summed E-state index contributed by atoms with van der Waals surface area (Å²) in [6, 6.07) is -0.256. The Morgan fingerprint density at radius 2 is 2.44 bits per heavy atom. The first-order valence-corrected chi connectivity index (χ1v) is 6.66. The van der Waals surface area contributed by atoms with Crippen molar-refractivity contribution in [3.63, 3.8) is 0 Å². The molecular weight excluding hydrogens is 228 g/mol. The molecule has 2 saturated heterocycles. The normalized spacial score (nSPS) is 31.4. The number of amides is 1. The summed E-state index contributed by atoms with van der Waals surface area (Å²) >= 11 is 1.68. The minimum atomic E-state index is -0.753. The molecule has 16 heavy (non-hydrogen) atoms. The van der Waals surface area contributed by atoms with Gasteiger partial charge < -0.3 is 10.4 Å². The first-order chi connectivity index (χ1) is 7.66. The molecule has 0 bridgehead atoms. The molecule has 1 amide bonds. The van der Waals surface area contributed by atoms with Gasteiger partial charge in [0.05, 0.1) is 0 Å². The number of nitrogens with one attached hydrogen (secondary N) is 1. The highest BCUT2D eigenvalue weighted by Gasteiger charge is 2.32. The number of carbonyl (C=O) groups excluding carboxylic acids is 1. The van der Waals surface area contributed by atoms with Gasteiger partial charge in [-0.05, 0) is 6.42 Å². The third kappa shape index (κ3) is 2.68. The van der Waals surface area contributed by atoms with Crippen molar-refractivity contribution in [2.24, 2.45) is 0 Å². The number of hydrogen-bond acceptors (Lipinski definition) is 4. The van der Waals surface area contributed by atoms with Gasteiger partial charge in [0.2, 0.25) is 5.91 Å². The van der Waals surface area contributed by atoms with Crippen molar-refractivity contribution < 1.29 is 14.7 Å². The van der Waals surface area contributed by atoms with E-state index >= 15 is 0 Å². The molecule has 6 heteroatoms. The van der Waals surface area contributed by atoms with Crippen LogP contribution in [0, 0.1) is 0 Å². The van der Waals surface area contributed by atoms with E-state index in [1.807, 2.05) is 4.90 Å². The summed E-state index contributed by atoms with van der Waals surface area (Å²) in [6.45, 7) is 1.47. The smallest absolute Gasteiger partial charge is 0.321 e. The van der Waals surface area contributed by atoms with Crippen molar-refractivity contribution in [1.29, 1.82) is 0 Å². The number of nitrogens with zero attached hydrogens (tertiary/aromatic N) is 1. The molecule has 0 spiro atoms. The molecule has 90 valence electrons. The Morgan fingerprint density at radius 1 is 1.62 bits per heavy atom. The monoisotopic (exact) mass is 244 g/mol. The average molecular weight is 244 g/mol. The minimum Gasteiger partial charge on any atom is -0.480 e. The van der Waals surface area contributed by atoms with Crippen LogP contribution in [-0.2, 0) is 9.59 Å². The van der Waals surface area contributed by atoms with Crippen molar-refractivity contribution in [1.82, 2.24) is 10.2 Å². The highest BCUT2D eigenvalue weighted by Crippen LogP contribution is 2.18. The van der Waals surface area contributed by atoms with Crippen LogP contribution in [0.15, 0.2) is 0 Å². The lowest BCUT2D eigenvalue weighted by atomic mass is 10.2. The van der Waals surface area contributed by atoms with Gasteiger partial charge in [-0.3, -0.25) is 14.5 Å². The Hall–Kier alpha value is -0.750. The van der Waals surface area contributed by atoms with Gasteiger partial charge in [0.25, 0.3) is 0 Å². The Bertz CT molecular complexity index is 298. The molecular formula is C10H16N2O3S. The Labute approximate surface area is 98.6 Å². The zero-order chi connectivity index (χ0) is 11.5. The molecule has 2 aliphatic heterocycles. The number of carboxylic acids is 1. The van der Waals surface area contributed by atoms with Gasteiger partial charge in [0, 0.05) is 37.1 Å². The molecule has 2 fully saturated rings. The lowest BCUT2D eigenvalue weighted by molar-refractivity contribution is -0.142. The number of aliphatic carboxylic acids is 1. The number of carboxylic acid groups (broad SMARTS) is 1. The van der Waals surface area contributed by atoms with Crippen LogP contribution in [0.3, 0.4) is 0 Å². The average Bonchev–Trinajstić information content (AvgIpc) is 2.64. The number of hydrogen-bond donors (Lipinski definition) is 2. The van der Waals surface area contributed by atoms with Crippen molar-refractivity contribution in [3.05, 3.63) is 0 Å². The van der Waals surface area contributed by atoms with E-state index in [9.17, 15) is 9.59 Å². The standard InChI is InChI=1S/C10H16N2O3S/c13-9-2-1-7(11-9)5-12-3-4-16-6-8(12)10(14)15/h7-8H,1-6H2,(H,11,13)(H,14,15). The van der Waals surface area contributed by atoms with E-state index < -0.39 is 12.0 Å². The maximum Gasteiger partial charge on any atom is 0.321 e. The molecule has 2 aliphatic rings. The van der Waals surface area contributed by atoms with Crippen LogP contribution in [0.2, 0.25) is 0 Å². The van der Waals surface area contributed by atoms with Gasteiger partial charge in [-0.15, -0.1) is 0 Å². The molecule has 2 unspecified atom stereocenters. The molecule has 2 N–H and O–H groups in total. The third-order valence-electron chi connectivity index (χ3n) is 3.06. The number of rotatable bonds is 3. The Morgan fingerprint density at radius 3 is 3.06 bits per heavy atom. The van der Waals surface area contributed by atoms with Gasteiger partial charge in [-0.1, -0.05) is 0 Å². The van der Waals surface area contributed by atoms with Crippen LogP contribution in [-0.4, -0.2) is 58.6 Å². The summed E-state index contributed by atoms with van der Waals surface area (Å²) < 4.78 is 0. The molecule has 0 aliphatic carbocycles. The summed E-state index contributed by atoms with van der Waals surface area (Å²) in [5, 5.41) is 12.0. The van der Waals surface area contributed by atoms with Gasteiger partial charge in [0.15, 0.2) is 0 Å². The second-order valence-corrected chi connectivity index (χ2v) is 5.38. The summed E-state index contributed by atoms with van der Waals surface area (Å²) in [7, 11) is 0. The van der Waals surface area contributed by atoms with Gasteiger partial charge in [-0.25, -0.2) is 0 Å². The highest BCUT2D eigenvalue weighted by atomic mass is 32.2. The molecule has 0 aromatic carbocycles. The summed E-state index contributed by atoms with van der Waals surface area (Å²) in [5.74, 6) is 0.959. The fraction of sp³-hybridized carbons (Fsp3) is 0.800. The first-order valence-electron chi connectivity index (χ1n) is 5.51. The van der Waals surface area contributed by atoms with E-state index in [-0.39, 0.29) is 11.9 Å². The van der Waals surface area contributed by atoms with E-state index in [0.29, 0.717) is 18.7 Å². The van der Waals surface area contributed by atoms with Crippen LogP contribution >= 0.6 is 11.8 Å². The van der Waals surface area contributed by atoms with Gasteiger partial charge >= 0.3 is 5.97 Å². The summed E-state index contributed by atoms with van der Waals surface area (Å²) in [4.78, 5) is 24.1. The molecule has 0 aromatic rings. The van der Waals surface area contributed by atoms with E-state index in [1.165, 1.54) is 0 Å². The Balaban J connectivity index is 1.91. The zero-order valence-corrected chi connectivity index (χ0v) is 9.83. The molecule has 2 heterocycles. The first kappa shape index (κ1) is 11.7. The molecule has 2 rings (SSSR count). The molecule has 2 atom stereocenters. The maximum absolute atomic E-state index is 11.1. The largest absolute Gasteiger partial charge is 0.480 e. The predicted octanol–water partition coefficient (Wildman–Crippen LogP) is -0.233. The topological polar surface area (TPSA) is 69.6 Å². The van der Waals surface area contributed by atoms with Crippen molar-refractivity contribution in [2.45, 2.75) is 24.9 Å². The van der Waals surface area contributed by atoms with E-state index in [4.69, 9.17) is 5.11 Å². The number of thioether (sulfide) groups is 1. The van der Waals surface area contributed by atoms with Crippen LogP contribution in [0.5, 0.6) is 0 Å². The predicted molar refractivity (Wildman–Crippen MR) is 61.5 cm³/mol. The lowest BCUT2D eigenvalue weighted by Gasteiger charge is -2.34. The molecule has 0 radical (unpaired) electrons. The summed E-state index contributed by atoms with van der Waals surface area (Å²) in [6.07, 6.45) is 1.40. The fourth-order valence-electron chi connectivity index (χ4n) is 2.18. The maximum atomic E-state index is 11.1. The quantitative estimate of drug-likeness (QED) is 0.717. The lowest BCUT2D eigenvalue weighted by Crippen LogP contribution is -2.51. The van der Waals surface area contributed by atoms with Crippen molar-refractivity contribution in [3.8, 4) is 0 Å². The van der Waals surface area contributed by atoms with Crippen LogP contribution in [0.4, 0.5) is 0 Å². The second kappa shape index (κ2) is 5.05. The van der Waals surface area contributed by atoms with E-state index in [1.54, 1.807) is 11.8 Å². The van der Waals surface area contributed by atoms with Gasteiger partial charge in [-0.2, -0.15) is 11.8 Å². The van der Waals surface area contributed by atoms with Crippen LogP contribution < -0.4 is 5.32 Å². The highest BCUT2D eigenvalue weighted by molar-refractivity contribution is 7.99. The summed E-state index contributed by atoms with van der Waals surface area (Å²) in [5.41, 5.74) is 0. The van der Waals surface area contributed by atoms with E-state index in [2.05, 4.69) is 5.32 Å². The SMILES string of the molecule is O=C1CCC(CN2CCSCC2C(=O)O)N1.